The molecule has 1 aliphatic rings. The number of likely N-dealkylation sites (tertiary alicyclic amines) is 1. The number of ether oxygens (including phenoxy) is 2. The van der Waals surface area contributed by atoms with E-state index in [-0.39, 0.29) is 43.3 Å². The lowest BCUT2D eigenvalue weighted by molar-refractivity contribution is -0.154. The minimum atomic E-state index is -1.54. The number of rotatable bonds is 11. The van der Waals surface area contributed by atoms with Crippen molar-refractivity contribution >= 4 is 18.0 Å². The number of benzene rings is 2. The van der Waals surface area contributed by atoms with E-state index in [9.17, 15) is 23.9 Å². The highest BCUT2D eigenvalue weighted by Gasteiger charge is 2.45. The van der Waals surface area contributed by atoms with Crippen molar-refractivity contribution in [2.45, 2.75) is 65.9 Å². The number of nitrogens with zero attached hydrogens (tertiary/aromatic N) is 4. The van der Waals surface area contributed by atoms with Gasteiger partial charge in [0.05, 0.1) is 24.9 Å². The molecule has 3 aromatic rings. The number of aliphatic hydroxyl groups excluding tert-OH is 1. The number of hydrogen-bond acceptors (Lipinski definition) is 7. The topological polar surface area (TPSA) is 114 Å². The minimum absolute atomic E-state index is 0.0715. The summed E-state index contributed by atoms with van der Waals surface area (Å²) in [5.74, 6) is -3.50. The molecule has 1 saturated heterocycles. The summed E-state index contributed by atoms with van der Waals surface area (Å²) in [6.45, 7) is 8.07. The third-order valence-electron chi connectivity index (χ3n) is 8.07. The van der Waals surface area contributed by atoms with Gasteiger partial charge in [0.15, 0.2) is 6.61 Å². The van der Waals surface area contributed by atoms with Gasteiger partial charge in [0, 0.05) is 49.7 Å². The fourth-order valence-electron chi connectivity index (χ4n) is 5.71. The molecule has 3 unspecified atom stereocenters. The van der Waals surface area contributed by atoms with Crippen molar-refractivity contribution in [3.8, 4) is 11.3 Å². The zero-order valence-electron chi connectivity index (χ0n) is 28.1. The van der Waals surface area contributed by atoms with Crippen molar-refractivity contribution in [1.82, 2.24) is 19.4 Å². The SMILES string of the molecule is CC(=O)OCC(=O)N(CC1CN(C(=O)OC(C)(C)C)CC1F)C(c1nc(-c2cc(F)ccc2F)cn1Cc1ccccc1)C(C)(C)CO. The van der Waals surface area contributed by atoms with Crippen LogP contribution in [0.3, 0.4) is 0 Å². The molecule has 4 rings (SSSR count). The highest BCUT2D eigenvalue weighted by atomic mass is 19.1. The maximum absolute atomic E-state index is 15.7. The van der Waals surface area contributed by atoms with Crippen LogP contribution in [0.5, 0.6) is 0 Å². The number of aromatic nitrogens is 2. The zero-order valence-corrected chi connectivity index (χ0v) is 28.1. The molecule has 260 valence electrons. The standard InChI is InChI=1S/C35H43F3N4O6/c1-22(44)47-20-30(45)42(17-24-16-41(18-28(24)38)33(46)48-34(2,3)4)31(35(5,6)21-43)32-39-29(26-14-25(36)12-13-27(26)37)19-40(32)15-23-10-8-7-9-11-23/h7-14,19,24,28,31,43H,15-18,20-21H2,1-6H3. The second-order valence-electron chi connectivity index (χ2n) is 13.8. The predicted octanol–water partition coefficient (Wildman–Crippen LogP) is 5.53. The lowest BCUT2D eigenvalue weighted by Crippen LogP contribution is -2.49. The number of hydrogen-bond donors (Lipinski definition) is 1. The summed E-state index contributed by atoms with van der Waals surface area (Å²) in [6.07, 6.45) is -0.703. The normalized spacial score (nSPS) is 17.2. The minimum Gasteiger partial charge on any atom is -0.456 e. The van der Waals surface area contributed by atoms with Gasteiger partial charge in [-0.3, -0.25) is 9.59 Å². The van der Waals surface area contributed by atoms with Gasteiger partial charge in [0.25, 0.3) is 5.91 Å². The van der Waals surface area contributed by atoms with Crippen LogP contribution < -0.4 is 0 Å². The Labute approximate surface area is 278 Å². The Morgan fingerprint density at radius 3 is 2.38 bits per heavy atom. The first-order valence-electron chi connectivity index (χ1n) is 15.7. The van der Waals surface area contributed by atoms with Gasteiger partial charge in [0.2, 0.25) is 0 Å². The third kappa shape index (κ3) is 8.94. The third-order valence-corrected chi connectivity index (χ3v) is 8.07. The van der Waals surface area contributed by atoms with Crippen molar-refractivity contribution in [3.63, 3.8) is 0 Å². The molecule has 10 nitrogen and oxygen atoms in total. The molecule has 1 aromatic heterocycles. The number of amides is 2. The van der Waals surface area contributed by atoms with Crippen molar-refractivity contribution < 1.29 is 42.1 Å². The molecule has 0 radical (unpaired) electrons. The van der Waals surface area contributed by atoms with Gasteiger partial charge >= 0.3 is 12.1 Å². The van der Waals surface area contributed by atoms with Crippen molar-refractivity contribution in [2.75, 3.05) is 32.8 Å². The maximum Gasteiger partial charge on any atom is 0.410 e. The van der Waals surface area contributed by atoms with Crippen LogP contribution in [0.1, 0.15) is 59.0 Å². The molecule has 0 aliphatic carbocycles. The number of halogens is 3. The van der Waals surface area contributed by atoms with Crippen LogP contribution in [0, 0.1) is 23.0 Å². The Morgan fingerprint density at radius 2 is 1.75 bits per heavy atom. The van der Waals surface area contributed by atoms with E-state index in [4.69, 9.17) is 14.5 Å². The lowest BCUT2D eigenvalue weighted by Gasteiger charge is -2.42. The summed E-state index contributed by atoms with van der Waals surface area (Å²) >= 11 is 0. The van der Waals surface area contributed by atoms with Gasteiger partial charge < -0.3 is 28.9 Å². The van der Waals surface area contributed by atoms with Gasteiger partial charge in [-0.1, -0.05) is 44.2 Å². The van der Waals surface area contributed by atoms with E-state index in [2.05, 4.69) is 0 Å². The van der Waals surface area contributed by atoms with Crippen LogP contribution in [0.25, 0.3) is 11.3 Å². The summed E-state index contributed by atoms with van der Waals surface area (Å²) < 4.78 is 57.2. The Balaban J connectivity index is 1.84. The summed E-state index contributed by atoms with van der Waals surface area (Å²) in [4.78, 5) is 45.8. The fourth-order valence-corrected chi connectivity index (χ4v) is 5.71. The second-order valence-corrected chi connectivity index (χ2v) is 13.8. The molecule has 0 saturated carbocycles. The average Bonchev–Trinajstić information content (AvgIpc) is 3.59. The fraction of sp³-hybridized carbons (Fsp3) is 0.486. The van der Waals surface area contributed by atoms with Crippen LogP contribution in [0.2, 0.25) is 0 Å². The highest BCUT2D eigenvalue weighted by Crippen LogP contribution is 2.41. The molecule has 2 aromatic carbocycles. The van der Waals surface area contributed by atoms with Crippen molar-refractivity contribution in [2.24, 2.45) is 11.3 Å². The molecule has 0 spiro atoms. The predicted molar refractivity (Wildman–Crippen MR) is 171 cm³/mol. The molecular formula is C35H43F3N4O6. The summed E-state index contributed by atoms with van der Waals surface area (Å²) in [7, 11) is 0. The average molecular weight is 673 g/mol. The van der Waals surface area contributed by atoms with Crippen molar-refractivity contribution in [1.29, 1.82) is 0 Å². The van der Waals surface area contributed by atoms with E-state index in [1.807, 2.05) is 30.3 Å². The Kier molecular flexibility index (Phi) is 11.2. The van der Waals surface area contributed by atoms with Crippen LogP contribution in [0.4, 0.5) is 18.0 Å². The van der Waals surface area contributed by atoms with E-state index in [1.165, 1.54) is 16.0 Å². The number of aliphatic hydroxyl groups is 1. The number of carbonyl (C=O) groups excluding carboxylic acids is 3. The molecular weight excluding hydrogens is 629 g/mol. The summed E-state index contributed by atoms with van der Waals surface area (Å²) in [6, 6.07) is 11.1. The van der Waals surface area contributed by atoms with E-state index in [0.29, 0.717) is 0 Å². The molecule has 2 amide bonds. The first-order chi connectivity index (χ1) is 22.5. The molecule has 3 atom stereocenters. The van der Waals surface area contributed by atoms with E-state index in [0.717, 1.165) is 30.7 Å². The lowest BCUT2D eigenvalue weighted by atomic mass is 9.82. The van der Waals surface area contributed by atoms with Crippen LogP contribution in [-0.2, 0) is 25.6 Å². The first kappa shape index (κ1) is 36.4. The van der Waals surface area contributed by atoms with E-state index >= 15 is 8.78 Å². The van der Waals surface area contributed by atoms with Gasteiger partial charge in [-0.15, -0.1) is 0 Å². The van der Waals surface area contributed by atoms with Gasteiger partial charge in [-0.25, -0.2) is 22.9 Å². The van der Waals surface area contributed by atoms with Crippen molar-refractivity contribution in [3.05, 3.63) is 77.8 Å². The summed E-state index contributed by atoms with van der Waals surface area (Å²) in [5.41, 5.74) is -1.18. The molecule has 1 N–H and O–H groups in total. The largest absolute Gasteiger partial charge is 0.456 e. The molecule has 0 bridgehead atoms. The molecule has 1 aliphatic heterocycles. The maximum atomic E-state index is 15.7. The van der Waals surface area contributed by atoms with Gasteiger partial charge in [-0.05, 0) is 44.5 Å². The zero-order chi connectivity index (χ0) is 35.4. The summed E-state index contributed by atoms with van der Waals surface area (Å²) in [5, 5.41) is 10.7. The number of carbonyl (C=O) groups is 3. The number of alkyl halides is 1. The Morgan fingerprint density at radius 1 is 1.06 bits per heavy atom. The van der Waals surface area contributed by atoms with Gasteiger partial charge in [0.1, 0.15) is 29.2 Å². The molecule has 13 heteroatoms. The molecule has 48 heavy (non-hydrogen) atoms. The molecule has 2 heterocycles. The van der Waals surface area contributed by atoms with E-state index < -0.39 is 72.0 Å². The first-order valence-corrected chi connectivity index (χ1v) is 15.7. The number of imidazole rings is 1. The Hall–Kier alpha value is -4.39. The van der Waals surface area contributed by atoms with Crippen LogP contribution in [-0.4, -0.2) is 87.0 Å². The Bertz CT molecular complexity index is 1610. The molecule has 1 fully saturated rings. The monoisotopic (exact) mass is 672 g/mol. The number of esters is 1. The smallest absolute Gasteiger partial charge is 0.410 e. The van der Waals surface area contributed by atoms with Crippen LogP contribution in [0.15, 0.2) is 54.7 Å². The highest BCUT2D eigenvalue weighted by molar-refractivity contribution is 5.80. The van der Waals surface area contributed by atoms with E-state index in [1.54, 1.807) is 39.2 Å². The quantitative estimate of drug-likeness (QED) is 0.267. The second kappa shape index (κ2) is 14.8. The van der Waals surface area contributed by atoms with Gasteiger partial charge in [-0.2, -0.15) is 0 Å². The van der Waals surface area contributed by atoms with Crippen LogP contribution >= 0.6 is 0 Å².